The van der Waals surface area contributed by atoms with Crippen molar-refractivity contribution in [3.8, 4) is 0 Å². The molecule has 0 heterocycles. The third-order valence-electron chi connectivity index (χ3n) is 3.66. The molecule has 0 bridgehead atoms. The molecule has 0 saturated heterocycles. The zero-order valence-electron chi connectivity index (χ0n) is 11.4. The normalized spacial score (nSPS) is 18.6. The summed E-state index contributed by atoms with van der Waals surface area (Å²) in [5.74, 6) is -1.68. The fraction of sp³-hybridized carbons (Fsp3) is 0.769. The standard InChI is InChI=1S/C13H21NO5/c1-9(12(18)19-2)14-10(15)7-13(8-11(16)17)5-3-4-6-13/h9H,3-8H2,1-2H3,(H,14,15)(H,16,17)/t9-/m0/s1. The average Bonchev–Trinajstić information content (AvgIpc) is 2.74. The molecule has 0 aromatic carbocycles. The molecule has 1 rings (SSSR count). The largest absolute Gasteiger partial charge is 0.481 e. The van der Waals surface area contributed by atoms with Crippen molar-refractivity contribution in [3.05, 3.63) is 0 Å². The van der Waals surface area contributed by atoms with Crippen molar-refractivity contribution in [2.24, 2.45) is 5.41 Å². The lowest BCUT2D eigenvalue weighted by molar-refractivity contribution is -0.145. The quantitative estimate of drug-likeness (QED) is 0.705. The predicted octanol–water partition coefficient (Wildman–Crippen LogP) is 1.09. The minimum atomic E-state index is -0.879. The van der Waals surface area contributed by atoms with Crippen LogP contribution < -0.4 is 5.32 Å². The van der Waals surface area contributed by atoms with Crippen LogP contribution in [0.4, 0.5) is 0 Å². The third kappa shape index (κ3) is 4.54. The van der Waals surface area contributed by atoms with Crippen LogP contribution in [0.1, 0.15) is 45.4 Å². The van der Waals surface area contributed by atoms with E-state index in [0.717, 1.165) is 25.7 Å². The van der Waals surface area contributed by atoms with Gasteiger partial charge in [0.05, 0.1) is 13.5 Å². The Morgan fingerprint density at radius 2 is 1.84 bits per heavy atom. The Labute approximate surface area is 112 Å². The zero-order chi connectivity index (χ0) is 14.5. The van der Waals surface area contributed by atoms with Crippen LogP contribution in [-0.2, 0) is 19.1 Å². The summed E-state index contributed by atoms with van der Waals surface area (Å²) in [6.07, 6.45) is 3.56. The zero-order valence-corrected chi connectivity index (χ0v) is 11.4. The fourth-order valence-electron chi connectivity index (χ4n) is 2.73. The van der Waals surface area contributed by atoms with Gasteiger partial charge in [-0.3, -0.25) is 9.59 Å². The number of amides is 1. The number of carboxylic acids is 1. The van der Waals surface area contributed by atoms with Gasteiger partial charge >= 0.3 is 11.9 Å². The van der Waals surface area contributed by atoms with Crippen molar-refractivity contribution in [1.82, 2.24) is 5.32 Å². The summed E-state index contributed by atoms with van der Waals surface area (Å²) < 4.78 is 4.52. The van der Waals surface area contributed by atoms with Gasteiger partial charge < -0.3 is 15.2 Å². The summed E-state index contributed by atoms with van der Waals surface area (Å²) in [7, 11) is 1.26. The maximum absolute atomic E-state index is 11.9. The number of nitrogens with one attached hydrogen (secondary N) is 1. The van der Waals surface area contributed by atoms with Crippen molar-refractivity contribution in [3.63, 3.8) is 0 Å². The third-order valence-corrected chi connectivity index (χ3v) is 3.66. The number of carbonyl (C=O) groups excluding carboxylic acids is 2. The van der Waals surface area contributed by atoms with Crippen LogP contribution in [-0.4, -0.2) is 36.1 Å². The van der Waals surface area contributed by atoms with Gasteiger partial charge in [-0.2, -0.15) is 0 Å². The van der Waals surface area contributed by atoms with Crippen LogP contribution in [0.25, 0.3) is 0 Å². The number of carboxylic acid groups (broad SMARTS) is 1. The number of esters is 1. The van der Waals surface area contributed by atoms with Gasteiger partial charge in [0.2, 0.25) is 5.91 Å². The number of methoxy groups -OCH3 is 1. The van der Waals surface area contributed by atoms with Gasteiger partial charge in [-0.15, -0.1) is 0 Å². The van der Waals surface area contributed by atoms with Crippen LogP contribution in [0.5, 0.6) is 0 Å². The molecule has 1 aliphatic carbocycles. The second kappa shape index (κ2) is 6.54. The lowest BCUT2D eigenvalue weighted by Crippen LogP contribution is -2.41. The molecule has 0 radical (unpaired) electrons. The van der Waals surface area contributed by atoms with E-state index in [1.807, 2.05) is 0 Å². The van der Waals surface area contributed by atoms with E-state index in [0.29, 0.717) is 0 Å². The van der Waals surface area contributed by atoms with E-state index in [9.17, 15) is 14.4 Å². The minimum absolute atomic E-state index is 0.00697. The average molecular weight is 271 g/mol. The Balaban J connectivity index is 2.57. The highest BCUT2D eigenvalue weighted by atomic mass is 16.5. The SMILES string of the molecule is COC(=O)[C@H](C)NC(=O)CC1(CC(=O)O)CCCC1. The Hall–Kier alpha value is -1.59. The minimum Gasteiger partial charge on any atom is -0.481 e. The lowest BCUT2D eigenvalue weighted by Gasteiger charge is -2.26. The second-order valence-corrected chi connectivity index (χ2v) is 5.27. The van der Waals surface area contributed by atoms with Gasteiger partial charge in [0.25, 0.3) is 0 Å². The summed E-state index contributed by atoms with van der Waals surface area (Å²) in [6, 6.07) is -0.708. The van der Waals surface area contributed by atoms with Gasteiger partial charge in [0, 0.05) is 6.42 Å². The van der Waals surface area contributed by atoms with E-state index in [-0.39, 0.29) is 18.7 Å². The number of rotatable bonds is 6. The fourth-order valence-corrected chi connectivity index (χ4v) is 2.73. The number of hydrogen-bond acceptors (Lipinski definition) is 4. The molecule has 1 aliphatic rings. The molecular formula is C13H21NO5. The summed E-state index contributed by atoms with van der Waals surface area (Å²) >= 11 is 0. The van der Waals surface area contributed by atoms with Crippen molar-refractivity contribution in [1.29, 1.82) is 0 Å². The molecule has 0 spiro atoms. The van der Waals surface area contributed by atoms with Crippen LogP contribution in [0.3, 0.4) is 0 Å². The van der Waals surface area contributed by atoms with E-state index in [1.165, 1.54) is 7.11 Å². The molecule has 0 aromatic heterocycles. The second-order valence-electron chi connectivity index (χ2n) is 5.27. The van der Waals surface area contributed by atoms with Crippen molar-refractivity contribution in [2.45, 2.75) is 51.5 Å². The first-order valence-corrected chi connectivity index (χ1v) is 6.47. The Kier molecular flexibility index (Phi) is 5.32. The van der Waals surface area contributed by atoms with Crippen LogP contribution in [0, 0.1) is 5.41 Å². The smallest absolute Gasteiger partial charge is 0.328 e. The molecule has 2 N–H and O–H groups in total. The lowest BCUT2D eigenvalue weighted by atomic mass is 9.79. The molecule has 0 unspecified atom stereocenters. The van der Waals surface area contributed by atoms with Gasteiger partial charge in [0.1, 0.15) is 6.04 Å². The highest BCUT2D eigenvalue weighted by Crippen LogP contribution is 2.43. The Morgan fingerprint density at radius 1 is 1.26 bits per heavy atom. The van der Waals surface area contributed by atoms with Gasteiger partial charge in [0.15, 0.2) is 0 Å². The molecule has 1 atom stereocenters. The van der Waals surface area contributed by atoms with Crippen molar-refractivity contribution < 1.29 is 24.2 Å². The maximum Gasteiger partial charge on any atom is 0.328 e. The van der Waals surface area contributed by atoms with Gasteiger partial charge in [-0.05, 0) is 25.2 Å². The molecule has 1 amide bonds. The van der Waals surface area contributed by atoms with Crippen molar-refractivity contribution >= 4 is 17.8 Å². The predicted molar refractivity (Wildman–Crippen MR) is 67.4 cm³/mol. The first-order chi connectivity index (χ1) is 8.88. The first-order valence-electron chi connectivity index (χ1n) is 6.47. The van der Waals surface area contributed by atoms with E-state index in [2.05, 4.69) is 10.1 Å². The van der Waals surface area contributed by atoms with Gasteiger partial charge in [-0.1, -0.05) is 12.8 Å². The van der Waals surface area contributed by atoms with Crippen LogP contribution in [0.15, 0.2) is 0 Å². The summed E-state index contributed by atoms with van der Waals surface area (Å²) in [6.45, 7) is 1.54. The molecule has 6 heteroatoms. The monoisotopic (exact) mass is 271 g/mol. The Bertz CT molecular complexity index is 360. The summed E-state index contributed by atoms with van der Waals surface area (Å²) in [4.78, 5) is 34.0. The highest BCUT2D eigenvalue weighted by molar-refractivity contribution is 5.84. The highest BCUT2D eigenvalue weighted by Gasteiger charge is 2.38. The van der Waals surface area contributed by atoms with Crippen molar-refractivity contribution in [2.75, 3.05) is 7.11 Å². The molecule has 0 aliphatic heterocycles. The molecule has 108 valence electrons. The van der Waals surface area contributed by atoms with E-state index in [1.54, 1.807) is 6.92 Å². The molecule has 6 nitrogen and oxygen atoms in total. The number of aliphatic carboxylic acids is 1. The molecule has 1 saturated carbocycles. The molecule has 0 aromatic rings. The van der Waals surface area contributed by atoms with Crippen LogP contribution >= 0.6 is 0 Å². The molecule has 19 heavy (non-hydrogen) atoms. The topological polar surface area (TPSA) is 92.7 Å². The molecule has 1 fully saturated rings. The first kappa shape index (κ1) is 15.5. The number of carbonyl (C=O) groups is 3. The van der Waals surface area contributed by atoms with E-state index in [4.69, 9.17) is 5.11 Å². The Morgan fingerprint density at radius 3 is 2.32 bits per heavy atom. The number of hydrogen-bond donors (Lipinski definition) is 2. The van der Waals surface area contributed by atoms with Crippen LogP contribution in [0.2, 0.25) is 0 Å². The van der Waals surface area contributed by atoms with E-state index >= 15 is 0 Å². The van der Waals surface area contributed by atoms with Gasteiger partial charge in [-0.25, -0.2) is 4.79 Å². The van der Waals surface area contributed by atoms with E-state index < -0.39 is 23.4 Å². The maximum atomic E-state index is 11.9. The summed E-state index contributed by atoms with van der Waals surface area (Å²) in [5.41, 5.74) is -0.453. The number of ether oxygens (including phenoxy) is 1. The summed E-state index contributed by atoms with van der Waals surface area (Å²) in [5, 5.41) is 11.5. The molecular weight excluding hydrogens is 250 g/mol.